The van der Waals surface area contributed by atoms with Crippen molar-refractivity contribution in [1.82, 2.24) is 4.90 Å². The summed E-state index contributed by atoms with van der Waals surface area (Å²) in [5.74, 6) is -0.784. The summed E-state index contributed by atoms with van der Waals surface area (Å²) in [6.45, 7) is 0.674. The van der Waals surface area contributed by atoms with Crippen molar-refractivity contribution in [3.05, 3.63) is 30.3 Å². The van der Waals surface area contributed by atoms with Crippen LogP contribution in [0.4, 0.5) is 10.5 Å². The minimum absolute atomic E-state index is 0.0323. The summed E-state index contributed by atoms with van der Waals surface area (Å²) in [5.41, 5.74) is 6.89. The fraction of sp³-hybridized carbons (Fsp3) is 0.579. The van der Waals surface area contributed by atoms with Gasteiger partial charge in [-0.15, -0.1) is 0 Å². The number of nitrogens with two attached hydrogens (primary N) is 1. The van der Waals surface area contributed by atoms with Gasteiger partial charge in [-0.1, -0.05) is 18.2 Å². The van der Waals surface area contributed by atoms with Crippen molar-refractivity contribution in [1.29, 1.82) is 0 Å². The number of anilines is 1. The van der Waals surface area contributed by atoms with E-state index in [0.717, 1.165) is 31.4 Å². The van der Waals surface area contributed by atoms with E-state index < -0.39 is 5.97 Å². The molecule has 6 heteroatoms. The lowest BCUT2D eigenvalue weighted by molar-refractivity contribution is -0.137. The van der Waals surface area contributed by atoms with Gasteiger partial charge in [-0.25, -0.2) is 4.79 Å². The zero-order valence-corrected chi connectivity index (χ0v) is 14.5. The molecule has 3 rings (SSSR count). The molecule has 1 saturated heterocycles. The Kier molecular flexibility index (Phi) is 5.58. The lowest BCUT2D eigenvalue weighted by atomic mass is 9.91. The summed E-state index contributed by atoms with van der Waals surface area (Å²) < 4.78 is 0. The van der Waals surface area contributed by atoms with Crippen LogP contribution in [0, 0.1) is 0 Å². The minimum atomic E-state index is -0.784. The maximum Gasteiger partial charge on any atom is 0.325 e. The topological polar surface area (TPSA) is 86.9 Å². The molecule has 136 valence electrons. The Labute approximate surface area is 148 Å². The number of rotatable bonds is 6. The predicted octanol–water partition coefficient (Wildman–Crippen LogP) is 2.82. The van der Waals surface area contributed by atoms with Crippen LogP contribution in [-0.4, -0.2) is 46.7 Å². The van der Waals surface area contributed by atoms with Crippen molar-refractivity contribution < 1.29 is 14.7 Å². The lowest BCUT2D eigenvalue weighted by Gasteiger charge is -2.33. The molecule has 2 aliphatic rings. The number of benzene rings is 1. The van der Waals surface area contributed by atoms with Crippen LogP contribution in [0.15, 0.2) is 30.3 Å². The van der Waals surface area contributed by atoms with Gasteiger partial charge in [0.2, 0.25) is 0 Å². The van der Waals surface area contributed by atoms with E-state index in [4.69, 9.17) is 10.8 Å². The van der Waals surface area contributed by atoms with Crippen molar-refractivity contribution in [2.45, 2.75) is 63.1 Å². The maximum atomic E-state index is 13.1. The summed E-state index contributed by atoms with van der Waals surface area (Å²) in [4.78, 5) is 27.8. The molecule has 2 amide bonds. The van der Waals surface area contributed by atoms with Gasteiger partial charge in [0.15, 0.2) is 0 Å². The molecule has 1 aliphatic heterocycles. The fourth-order valence-electron chi connectivity index (χ4n) is 4.02. The third-order valence-corrected chi connectivity index (χ3v) is 5.37. The predicted molar refractivity (Wildman–Crippen MR) is 96.5 cm³/mol. The molecule has 0 aromatic heterocycles. The Hall–Kier alpha value is -2.08. The van der Waals surface area contributed by atoms with Crippen LogP contribution in [-0.2, 0) is 4.79 Å². The molecule has 1 atom stereocenters. The summed E-state index contributed by atoms with van der Waals surface area (Å²) in [6, 6.07) is 10.3. The number of aliphatic carboxylic acids is 1. The number of amides is 2. The van der Waals surface area contributed by atoms with Crippen LogP contribution in [0.3, 0.4) is 0 Å². The fourth-order valence-corrected chi connectivity index (χ4v) is 4.02. The molecule has 0 spiro atoms. The first-order valence-electron chi connectivity index (χ1n) is 9.18. The molecule has 1 aliphatic carbocycles. The molecule has 2 fully saturated rings. The number of carbonyl (C=O) groups is 2. The van der Waals surface area contributed by atoms with E-state index in [9.17, 15) is 9.59 Å². The number of para-hydroxylation sites is 1. The van der Waals surface area contributed by atoms with Gasteiger partial charge in [-0.05, 0) is 50.7 Å². The standard InChI is InChI=1S/C19H27N3O3/c20-14-9-11-15(12-10-14)21-13-17(7-4-8-18(23)24)22(19(21)25)16-5-2-1-3-6-16/h1-3,5-6,14-15,17H,4,7-13,20H2,(H,23,24). The van der Waals surface area contributed by atoms with Crippen LogP contribution < -0.4 is 10.6 Å². The van der Waals surface area contributed by atoms with Gasteiger partial charge in [-0.3, -0.25) is 9.69 Å². The Morgan fingerprint density at radius 3 is 2.48 bits per heavy atom. The van der Waals surface area contributed by atoms with E-state index in [-0.39, 0.29) is 30.6 Å². The van der Waals surface area contributed by atoms with Gasteiger partial charge < -0.3 is 15.7 Å². The second-order valence-corrected chi connectivity index (χ2v) is 7.15. The van der Waals surface area contributed by atoms with Crippen LogP contribution in [0.5, 0.6) is 0 Å². The maximum absolute atomic E-state index is 13.1. The first-order valence-corrected chi connectivity index (χ1v) is 9.18. The Balaban J connectivity index is 1.74. The van der Waals surface area contributed by atoms with Gasteiger partial charge in [0, 0.05) is 30.7 Å². The number of urea groups is 1. The molecule has 1 aromatic carbocycles. The van der Waals surface area contributed by atoms with E-state index in [1.165, 1.54) is 0 Å². The van der Waals surface area contributed by atoms with E-state index in [1.54, 1.807) is 0 Å². The molecule has 25 heavy (non-hydrogen) atoms. The van der Waals surface area contributed by atoms with Gasteiger partial charge in [0.25, 0.3) is 0 Å². The molecule has 0 bridgehead atoms. The van der Waals surface area contributed by atoms with E-state index in [1.807, 2.05) is 40.1 Å². The first-order chi connectivity index (χ1) is 12.1. The van der Waals surface area contributed by atoms with Crippen molar-refractivity contribution in [3.63, 3.8) is 0 Å². The monoisotopic (exact) mass is 345 g/mol. The molecule has 6 nitrogen and oxygen atoms in total. The van der Waals surface area contributed by atoms with Gasteiger partial charge >= 0.3 is 12.0 Å². The van der Waals surface area contributed by atoms with E-state index >= 15 is 0 Å². The largest absolute Gasteiger partial charge is 0.481 e. The molecular weight excluding hydrogens is 318 g/mol. The highest BCUT2D eigenvalue weighted by Gasteiger charge is 2.41. The number of hydrogen-bond donors (Lipinski definition) is 2. The summed E-state index contributed by atoms with van der Waals surface area (Å²) in [5, 5.41) is 8.90. The lowest BCUT2D eigenvalue weighted by Crippen LogP contribution is -2.43. The Bertz CT molecular complexity index is 599. The van der Waals surface area contributed by atoms with E-state index in [0.29, 0.717) is 19.4 Å². The SMILES string of the molecule is NC1CCC(N2CC(CCCC(=O)O)N(c3ccccc3)C2=O)CC1. The van der Waals surface area contributed by atoms with Crippen molar-refractivity contribution in [3.8, 4) is 0 Å². The third-order valence-electron chi connectivity index (χ3n) is 5.37. The Morgan fingerprint density at radius 1 is 1.16 bits per heavy atom. The quantitative estimate of drug-likeness (QED) is 0.830. The highest BCUT2D eigenvalue weighted by molar-refractivity contribution is 5.95. The third kappa shape index (κ3) is 4.12. The number of carbonyl (C=O) groups excluding carboxylic acids is 1. The Morgan fingerprint density at radius 2 is 1.84 bits per heavy atom. The summed E-state index contributed by atoms with van der Waals surface area (Å²) in [6.07, 6.45) is 5.27. The smallest absolute Gasteiger partial charge is 0.325 e. The number of carboxylic acids is 1. The molecule has 1 unspecified atom stereocenters. The van der Waals surface area contributed by atoms with Gasteiger partial charge in [0.1, 0.15) is 0 Å². The number of hydrogen-bond acceptors (Lipinski definition) is 3. The number of carboxylic acid groups (broad SMARTS) is 1. The first kappa shape index (κ1) is 17.7. The van der Waals surface area contributed by atoms with Crippen LogP contribution in [0.25, 0.3) is 0 Å². The molecule has 1 saturated carbocycles. The molecular formula is C19H27N3O3. The zero-order valence-electron chi connectivity index (χ0n) is 14.5. The highest BCUT2D eigenvalue weighted by atomic mass is 16.4. The average Bonchev–Trinajstić information content (AvgIpc) is 2.92. The zero-order chi connectivity index (χ0) is 17.8. The van der Waals surface area contributed by atoms with Crippen molar-refractivity contribution in [2.24, 2.45) is 5.73 Å². The summed E-state index contributed by atoms with van der Waals surface area (Å²) >= 11 is 0. The molecule has 1 aromatic rings. The average molecular weight is 345 g/mol. The van der Waals surface area contributed by atoms with E-state index in [2.05, 4.69) is 0 Å². The summed E-state index contributed by atoms with van der Waals surface area (Å²) in [7, 11) is 0. The normalized spacial score (nSPS) is 26.9. The molecule has 1 heterocycles. The van der Waals surface area contributed by atoms with Gasteiger partial charge in [-0.2, -0.15) is 0 Å². The molecule has 3 N–H and O–H groups in total. The van der Waals surface area contributed by atoms with Crippen LogP contribution in [0.2, 0.25) is 0 Å². The van der Waals surface area contributed by atoms with Crippen LogP contribution in [0.1, 0.15) is 44.9 Å². The second-order valence-electron chi connectivity index (χ2n) is 7.15. The van der Waals surface area contributed by atoms with Crippen molar-refractivity contribution in [2.75, 3.05) is 11.4 Å². The van der Waals surface area contributed by atoms with Crippen LogP contribution >= 0.6 is 0 Å². The number of nitrogens with zero attached hydrogens (tertiary/aromatic N) is 2. The second kappa shape index (κ2) is 7.87. The van der Waals surface area contributed by atoms with Gasteiger partial charge in [0.05, 0.1) is 6.04 Å². The molecule has 0 radical (unpaired) electrons. The highest BCUT2D eigenvalue weighted by Crippen LogP contribution is 2.32. The van der Waals surface area contributed by atoms with Crippen molar-refractivity contribution >= 4 is 17.7 Å². The minimum Gasteiger partial charge on any atom is -0.481 e.